The van der Waals surface area contributed by atoms with Gasteiger partial charge in [0, 0.05) is 31.7 Å². The van der Waals surface area contributed by atoms with E-state index in [1.165, 1.54) is 4.70 Å². The van der Waals surface area contributed by atoms with Crippen LogP contribution in [0.4, 0.5) is 0 Å². The average molecular weight is 559 g/mol. The van der Waals surface area contributed by atoms with E-state index >= 15 is 0 Å². The maximum atomic E-state index is 11.4. The maximum absolute atomic E-state index is 11.4. The van der Waals surface area contributed by atoms with Gasteiger partial charge >= 0.3 is 5.97 Å². The van der Waals surface area contributed by atoms with Gasteiger partial charge in [0.2, 0.25) is 0 Å². The fraction of sp³-hybridized carbons (Fsp3) is 0.258. The summed E-state index contributed by atoms with van der Waals surface area (Å²) in [5.41, 5.74) is 5.51. The molecule has 0 atom stereocenters. The highest BCUT2D eigenvalue weighted by Crippen LogP contribution is 2.29. The third-order valence-corrected chi connectivity index (χ3v) is 7.99. The normalized spacial score (nSPS) is 11.5. The Morgan fingerprint density at radius 2 is 1.69 bits per heavy atom. The van der Waals surface area contributed by atoms with Gasteiger partial charge in [0.25, 0.3) is 0 Å². The molecule has 0 aliphatic carbocycles. The number of hydrogen-bond acceptors (Lipinski definition) is 5. The van der Waals surface area contributed by atoms with Gasteiger partial charge in [0.1, 0.15) is 5.82 Å². The number of hydrogen-bond donors (Lipinski definition) is 1. The largest absolute Gasteiger partial charge is 0.478 e. The van der Waals surface area contributed by atoms with E-state index in [1.807, 2.05) is 37.3 Å². The second kappa shape index (κ2) is 12.1. The zero-order valence-electron chi connectivity index (χ0n) is 22.1. The summed E-state index contributed by atoms with van der Waals surface area (Å²) in [5, 5.41) is 10.9. The number of thiazole rings is 1. The molecule has 0 saturated carbocycles. The molecule has 0 saturated heterocycles. The van der Waals surface area contributed by atoms with Crippen LogP contribution in [0.25, 0.3) is 21.6 Å². The van der Waals surface area contributed by atoms with Gasteiger partial charge in [-0.2, -0.15) is 0 Å². The zero-order chi connectivity index (χ0) is 27.4. The predicted octanol–water partition coefficient (Wildman–Crippen LogP) is 7.82. The van der Waals surface area contributed by atoms with E-state index in [0.717, 1.165) is 58.1 Å². The van der Waals surface area contributed by atoms with E-state index in [2.05, 4.69) is 51.7 Å². The van der Waals surface area contributed by atoms with Crippen LogP contribution in [-0.4, -0.2) is 30.5 Å². The SMILES string of the molecule is CCCCn1c(-c2ccccc2)nc(Cl)c1CN(Cc1ccc(C(=O)O)cc1)Cc1ccc2sc(C)nc2c1. The van der Waals surface area contributed by atoms with Crippen LogP contribution in [-0.2, 0) is 26.2 Å². The number of aryl methyl sites for hydroxylation is 1. The number of aromatic nitrogens is 3. The summed E-state index contributed by atoms with van der Waals surface area (Å²) in [6, 6.07) is 23.7. The van der Waals surface area contributed by atoms with Gasteiger partial charge in [-0.25, -0.2) is 14.8 Å². The summed E-state index contributed by atoms with van der Waals surface area (Å²) in [4.78, 5) is 23.2. The molecule has 0 unspecified atom stereocenters. The van der Waals surface area contributed by atoms with Gasteiger partial charge in [-0.05, 0) is 48.7 Å². The first kappa shape index (κ1) is 27.1. The highest BCUT2D eigenvalue weighted by Gasteiger charge is 2.20. The number of imidazole rings is 1. The van der Waals surface area contributed by atoms with Crippen molar-refractivity contribution in [2.24, 2.45) is 0 Å². The summed E-state index contributed by atoms with van der Waals surface area (Å²) in [6.07, 6.45) is 2.09. The highest BCUT2D eigenvalue weighted by atomic mass is 35.5. The van der Waals surface area contributed by atoms with E-state index in [4.69, 9.17) is 16.6 Å². The van der Waals surface area contributed by atoms with E-state index in [9.17, 15) is 9.90 Å². The molecule has 2 aromatic heterocycles. The Morgan fingerprint density at radius 3 is 2.41 bits per heavy atom. The number of carbonyl (C=O) groups is 1. The fourth-order valence-electron chi connectivity index (χ4n) is 4.81. The summed E-state index contributed by atoms with van der Waals surface area (Å²) < 4.78 is 3.44. The van der Waals surface area contributed by atoms with Crippen LogP contribution in [0.5, 0.6) is 0 Å². The van der Waals surface area contributed by atoms with E-state index in [-0.39, 0.29) is 5.56 Å². The van der Waals surface area contributed by atoms with Crippen molar-refractivity contribution in [3.05, 3.63) is 105 Å². The van der Waals surface area contributed by atoms with Crippen LogP contribution < -0.4 is 0 Å². The lowest BCUT2D eigenvalue weighted by atomic mass is 10.1. The molecule has 1 N–H and O–H groups in total. The summed E-state index contributed by atoms with van der Waals surface area (Å²) in [5.74, 6) is -0.0421. The molecule has 5 rings (SSSR count). The van der Waals surface area contributed by atoms with E-state index in [0.29, 0.717) is 24.8 Å². The second-order valence-electron chi connectivity index (χ2n) is 9.73. The molecule has 0 amide bonds. The lowest BCUT2D eigenvalue weighted by Crippen LogP contribution is -2.24. The van der Waals surface area contributed by atoms with Gasteiger partial charge in [-0.3, -0.25) is 4.90 Å². The van der Waals surface area contributed by atoms with Crippen molar-refractivity contribution in [2.75, 3.05) is 0 Å². The van der Waals surface area contributed by atoms with Crippen molar-refractivity contribution in [2.45, 2.75) is 52.9 Å². The lowest BCUT2D eigenvalue weighted by molar-refractivity contribution is 0.0697. The molecule has 0 radical (unpaired) electrons. The van der Waals surface area contributed by atoms with Crippen LogP contribution >= 0.6 is 22.9 Å². The summed E-state index contributed by atoms with van der Waals surface area (Å²) in [7, 11) is 0. The molecule has 6 nitrogen and oxygen atoms in total. The van der Waals surface area contributed by atoms with Gasteiger partial charge in [0.15, 0.2) is 5.15 Å². The topological polar surface area (TPSA) is 71.2 Å². The number of unbranched alkanes of at least 4 members (excludes halogenated alkanes) is 1. The van der Waals surface area contributed by atoms with Crippen molar-refractivity contribution < 1.29 is 9.90 Å². The predicted molar refractivity (Wildman–Crippen MR) is 158 cm³/mol. The van der Waals surface area contributed by atoms with Crippen molar-refractivity contribution >= 4 is 39.1 Å². The highest BCUT2D eigenvalue weighted by molar-refractivity contribution is 7.18. The monoisotopic (exact) mass is 558 g/mol. The number of nitrogens with zero attached hydrogens (tertiary/aromatic N) is 4. The Labute approximate surface area is 237 Å². The minimum absolute atomic E-state index is 0.280. The number of fused-ring (bicyclic) bond motifs is 1. The van der Waals surface area contributed by atoms with Crippen LogP contribution in [0, 0.1) is 6.92 Å². The Balaban J connectivity index is 1.50. The minimum atomic E-state index is -0.926. The molecule has 8 heteroatoms. The van der Waals surface area contributed by atoms with Crippen LogP contribution in [0.1, 0.15) is 52.0 Å². The molecular weight excluding hydrogens is 528 g/mol. The molecule has 0 spiro atoms. The summed E-state index contributed by atoms with van der Waals surface area (Å²) >= 11 is 8.53. The Morgan fingerprint density at radius 1 is 0.974 bits per heavy atom. The van der Waals surface area contributed by atoms with Gasteiger partial charge in [0.05, 0.1) is 26.5 Å². The quantitative estimate of drug-likeness (QED) is 0.179. The lowest BCUT2D eigenvalue weighted by Gasteiger charge is -2.24. The van der Waals surface area contributed by atoms with Crippen molar-refractivity contribution in [3.8, 4) is 11.4 Å². The first-order valence-electron chi connectivity index (χ1n) is 13.1. The minimum Gasteiger partial charge on any atom is -0.478 e. The maximum Gasteiger partial charge on any atom is 0.335 e. The van der Waals surface area contributed by atoms with Gasteiger partial charge in [-0.15, -0.1) is 11.3 Å². The fourth-order valence-corrected chi connectivity index (χ4v) is 5.86. The van der Waals surface area contributed by atoms with E-state index in [1.54, 1.807) is 23.5 Å². The standard InChI is InChI=1S/C31H31ClN4O2S/c1-3-4-16-36-27(29(32)34-30(36)24-8-6-5-7-9-24)20-35(18-22-10-13-25(14-11-22)31(37)38)19-23-12-15-28-26(17-23)33-21(2)39-28/h5-15,17H,3-4,16,18-20H2,1-2H3,(H,37,38). The van der Waals surface area contributed by atoms with Crippen molar-refractivity contribution in [3.63, 3.8) is 0 Å². The van der Waals surface area contributed by atoms with Gasteiger partial charge < -0.3 is 9.67 Å². The van der Waals surface area contributed by atoms with Crippen molar-refractivity contribution in [1.29, 1.82) is 0 Å². The number of carboxylic acids is 1. The molecule has 0 aliphatic rings. The zero-order valence-corrected chi connectivity index (χ0v) is 23.7. The molecule has 5 aromatic rings. The third-order valence-electron chi connectivity index (χ3n) is 6.74. The molecule has 200 valence electrons. The molecule has 3 aromatic carbocycles. The smallest absolute Gasteiger partial charge is 0.335 e. The van der Waals surface area contributed by atoms with Crippen LogP contribution in [0.2, 0.25) is 5.15 Å². The first-order valence-corrected chi connectivity index (χ1v) is 14.3. The Kier molecular flexibility index (Phi) is 8.41. The van der Waals surface area contributed by atoms with Crippen molar-refractivity contribution in [1.82, 2.24) is 19.4 Å². The average Bonchev–Trinajstić information content (AvgIpc) is 3.46. The molecule has 0 bridgehead atoms. The number of benzene rings is 3. The molecule has 0 fully saturated rings. The van der Waals surface area contributed by atoms with E-state index < -0.39 is 5.97 Å². The number of halogens is 1. The number of rotatable bonds is 11. The number of carboxylic acid groups (broad SMARTS) is 1. The summed E-state index contributed by atoms with van der Waals surface area (Å²) in [6.45, 7) is 6.95. The molecule has 39 heavy (non-hydrogen) atoms. The van der Waals surface area contributed by atoms with Crippen LogP contribution in [0.15, 0.2) is 72.8 Å². The third kappa shape index (κ3) is 6.38. The molecular formula is C31H31ClN4O2S. The Bertz CT molecular complexity index is 1580. The Hall–Kier alpha value is -3.52. The number of aromatic carboxylic acids is 1. The molecule has 0 aliphatic heterocycles. The van der Waals surface area contributed by atoms with Crippen LogP contribution in [0.3, 0.4) is 0 Å². The first-order chi connectivity index (χ1) is 18.9. The van der Waals surface area contributed by atoms with Gasteiger partial charge in [-0.1, -0.05) is 73.5 Å². The molecule has 2 heterocycles. The second-order valence-corrected chi connectivity index (χ2v) is 11.3.